The Bertz CT molecular complexity index is 1660. The third kappa shape index (κ3) is 4.87. The third-order valence-corrected chi connectivity index (χ3v) is 8.48. The standard InChI is InChI=1S/C21H26N9O8PS/c22-16-10-1-2-29(17(10)25-7-24-16)11-5-35-13(15(11)32)6-36-39(34,40)38-12-3-9(4-31)37-20(12)30-8-26-14-18(30)27-21(23)28-19(14)33/h1-2,7-9,11-13,15,20,31-32H,3-6H2,(H,34,40)(H2,22,24,25)(H3,23,27,28,33)/t9-,11+,12+,13+,15-,20+,39?/m0/s1. The molecule has 6 heterocycles. The van der Waals surface area contributed by atoms with E-state index in [0.29, 0.717) is 16.9 Å². The van der Waals surface area contributed by atoms with Gasteiger partial charge in [0, 0.05) is 12.6 Å². The van der Waals surface area contributed by atoms with Crippen LogP contribution in [0.3, 0.4) is 0 Å². The van der Waals surface area contributed by atoms with E-state index in [0.717, 1.165) is 0 Å². The van der Waals surface area contributed by atoms with Crippen LogP contribution in [0.15, 0.2) is 29.7 Å². The molecule has 6 rings (SSSR count). The van der Waals surface area contributed by atoms with Gasteiger partial charge >= 0.3 is 6.72 Å². The Morgan fingerprint density at radius 1 is 1.25 bits per heavy atom. The van der Waals surface area contributed by atoms with Crippen molar-refractivity contribution in [2.45, 2.75) is 43.1 Å². The summed E-state index contributed by atoms with van der Waals surface area (Å²) in [6, 6.07) is 1.26. The van der Waals surface area contributed by atoms with Crippen molar-refractivity contribution in [3.05, 3.63) is 35.3 Å². The first kappa shape index (κ1) is 27.1. The molecule has 1 unspecified atom stereocenters. The van der Waals surface area contributed by atoms with Crippen LogP contribution in [0.25, 0.3) is 22.2 Å². The number of rotatable bonds is 8. The van der Waals surface area contributed by atoms with Gasteiger partial charge in [-0.05, 0) is 17.9 Å². The fourth-order valence-corrected chi connectivity index (χ4v) is 6.43. The number of hydrogen-bond donors (Lipinski definition) is 6. The molecular formula is C21H26N9O8PS. The molecule has 7 atom stereocenters. The van der Waals surface area contributed by atoms with Gasteiger partial charge in [0.25, 0.3) is 5.56 Å². The van der Waals surface area contributed by atoms with E-state index in [2.05, 4.69) is 24.9 Å². The van der Waals surface area contributed by atoms with Gasteiger partial charge in [-0.2, -0.15) is 4.98 Å². The van der Waals surface area contributed by atoms with E-state index in [9.17, 15) is 19.9 Å². The van der Waals surface area contributed by atoms with E-state index in [1.54, 1.807) is 16.8 Å². The summed E-state index contributed by atoms with van der Waals surface area (Å²) >= 11 is 5.25. The molecule has 0 amide bonds. The molecule has 214 valence electrons. The second-order valence-corrected chi connectivity index (χ2v) is 12.2. The van der Waals surface area contributed by atoms with Crippen molar-refractivity contribution < 1.29 is 33.6 Å². The lowest BCUT2D eigenvalue weighted by Gasteiger charge is -2.26. The zero-order valence-electron chi connectivity index (χ0n) is 20.7. The number of fused-ring (bicyclic) bond motifs is 2. The Morgan fingerprint density at radius 2 is 2.08 bits per heavy atom. The maximum Gasteiger partial charge on any atom is 0.325 e. The largest absolute Gasteiger partial charge is 0.394 e. The first-order chi connectivity index (χ1) is 19.1. The van der Waals surface area contributed by atoms with Gasteiger partial charge in [-0.25, -0.2) is 15.0 Å². The molecule has 40 heavy (non-hydrogen) atoms. The van der Waals surface area contributed by atoms with Crippen LogP contribution in [0.5, 0.6) is 0 Å². The lowest BCUT2D eigenvalue weighted by atomic mass is 10.1. The van der Waals surface area contributed by atoms with Crippen LogP contribution in [-0.2, 0) is 30.3 Å². The van der Waals surface area contributed by atoms with Crippen molar-refractivity contribution in [2.24, 2.45) is 0 Å². The van der Waals surface area contributed by atoms with Crippen molar-refractivity contribution in [1.82, 2.24) is 34.1 Å². The molecule has 0 bridgehead atoms. The van der Waals surface area contributed by atoms with Crippen LogP contribution in [0.1, 0.15) is 18.7 Å². The molecule has 17 nitrogen and oxygen atoms in total. The molecule has 0 spiro atoms. The molecule has 19 heteroatoms. The predicted octanol–water partition coefficient (Wildman–Crippen LogP) is -1.07. The van der Waals surface area contributed by atoms with Gasteiger partial charge in [0.05, 0.1) is 43.7 Å². The number of nitrogen functional groups attached to an aromatic ring is 2. The second kappa shape index (κ2) is 10.4. The summed E-state index contributed by atoms with van der Waals surface area (Å²) in [6.45, 7) is -4.35. The van der Waals surface area contributed by atoms with Gasteiger partial charge in [0.2, 0.25) is 5.95 Å². The van der Waals surface area contributed by atoms with Crippen molar-refractivity contribution in [3.8, 4) is 0 Å². The summed E-state index contributed by atoms with van der Waals surface area (Å²) in [7, 11) is 0. The Labute approximate surface area is 229 Å². The highest BCUT2D eigenvalue weighted by atomic mass is 32.5. The highest BCUT2D eigenvalue weighted by Crippen LogP contribution is 2.50. The zero-order chi connectivity index (χ0) is 28.2. The van der Waals surface area contributed by atoms with Crippen LogP contribution in [0.4, 0.5) is 11.8 Å². The van der Waals surface area contributed by atoms with Crippen LogP contribution >= 0.6 is 6.72 Å². The van der Waals surface area contributed by atoms with Crippen molar-refractivity contribution in [2.75, 3.05) is 31.3 Å². The number of aromatic nitrogens is 7. The Hall–Kier alpha value is -3.06. The molecule has 8 N–H and O–H groups in total. The maximum absolute atomic E-state index is 12.2. The van der Waals surface area contributed by atoms with E-state index in [1.807, 2.05) is 0 Å². The van der Waals surface area contributed by atoms with Crippen LogP contribution < -0.4 is 17.0 Å². The Morgan fingerprint density at radius 3 is 2.88 bits per heavy atom. The number of imidazole rings is 1. The number of H-pyrrole nitrogens is 1. The average Bonchev–Trinajstić information content (AvgIpc) is 3.68. The van der Waals surface area contributed by atoms with Gasteiger partial charge in [-0.3, -0.25) is 14.3 Å². The number of ether oxygens (including phenoxy) is 2. The van der Waals surface area contributed by atoms with Gasteiger partial charge in [0.15, 0.2) is 17.4 Å². The Balaban J connectivity index is 1.15. The minimum atomic E-state index is -3.91. The molecule has 0 radical (unpaired) electrons. The van der Waals surface area contributed by atoms with Crippen molar-refractivity contribution >= 4 is 52.5 Å². The number of nitrogens with two attached hydrogens (primary N) is 2. The fourth-order valence-electron chi connectivity index (χ4n) is 4.99. The Kier molecular flexibility index (Phi) is 7.06. The van der Waals surface area contributed by atoms with Gasteiger partial charge in [-0.15, -0.1) is 0 Å². The topological polar surface area (TPSA) is 244 Å². The molecular weight excluding hydrogens is 569 g/mol. The maximum atomic E-state index is 12.2. The molecule has 2 fully saturated rings. The molecule has 2 aliphatic rings. The number of aliphatic hydroxyl groups excluding tert-OH is 2. The molecule has 0 aromatic carbocycles. The highest BCUT2D eigenvalue weighted by molar-refractivity contribution is 8.07. The first-order valence-electron chi connectivity index (χ1n) is 12.2. The molecule has 4 aromatic rings. The number of anilines is 2. The second-order valence-electron chi connectivity index (χ2n) is 9.40. The molecule has 0 saturated carbocycles. The summed E-state index contributed by atoms with van der Waals surface area (Å²) in [5.41, 5.74) is 11.8. The minimum Gasteiger partial charge on any atom is -0.394 e. The smallest absolute Gasteiger partial charge is 0.325 e. The summed E-state index contributed by atoms with van der Waals surface area (Å²) in [5.74, 6) is 0.198. The van der Waals surface area contributed by atoms with E-state index in [-0.39, 0.29) is 43.4 Å². The van der Waals surface area contributed by atoms with Gasteiger partial charge in [-0.1, -0.05) is 0 Å². The lowest BCUT2D eigenvalue weighted by molar-refractivity contribution is -0.0485. The number of aliphatic hydroxyl groups is 2. The molecule has 4 aromatic heterocycles. The van der Waals surface area contributed by atoms with E-state index in [4.69, 9.17) is 41.8 Å². The molecule has 0 aliphatic carbocycles. The number of nitrogens with one attached hydrogen (secondary N) is 1. The third-order valence-electron chi connectivity index (χ3n) is 6.90. The minimum absolute atomic E-state index is 0.0234. The molecule has 2 saturated heterocycles. The van der Waals surface area contributed by atoms with Gasteiger partial charge < -0.3 is 49.7 Å². The van der Waals surface area contributed by atoms with Crippen molar-refractivity contribution in [1.29, 1.82) is 0 Å². The van der Waals surface area contributed by atoms with Crippen LogP contribution in [-0.4, -0.2) is 93.4 Å². The van der Waals surface area contributed by atoms with E-state index >= 15 is 0 Å². The van der Waals surface area contributed by atoms with Crippen molar-refractivity contribution in [3.63, 3.8) is 0 Å². The fraction of sp³-hybridized carbons (Fsp3) is 0.476. The van der Waals surface area contributed by atoms with Crippen LogP contribution in [0.2, 0.25) is 0 Å². The summed E-state index contributed by atoms with van der Waals surface area (Å²) in [6.07, 6.45) is 0.203. The predicted molar refractivity (Wildman–Crippen MR) is 142 cm³/mol. The lowest BCUT2D eigenvalue weighted by Crippen LogP contribution is -2.31. The number of aromatic amines is 1. The average molecular weight is 596 g/mol. The monoisotopic (exact) mass is 595 g/mol. The number of hydrogen-bond acceptors (Lipinski definition) is 14. The summed E-state index contributed by atoms with van der Waals surface area (Å²) < 4.78 is 26.1. The van der Waals surface area contributed by atoms with Crippen LogP contribution in [0, 0.1) is 0 Å². The van der Waals surface area contributed by atoms with E-state index in [1.165, 1.54) is 17.2 Å². The van der Waals surface area contributed by atoms with Gasteiger partial charge in [0.1, 0.15) is 36.1 Å². The first-order valence-corrected chi connectivity index (χ1v) is 14.8. The SMILES string of the molecule is Nc1nc2c(ncn2[C@@H]2O[C@H](CO)C[C@H]2OP(O)(=S)OC[C@H]2OC[C@@H](n3ccc4c(N)ncnc43)[C@@H]2O)c(=O)[nH]1. The number of nitrogens with zero attached hydrogens (tertiary/aromatic N) is 6. The summed E-state index contributed by atoms with van der Waals surface area (Å²) in [5, 5.41) is 21.3. The molecule has 2 aliphatic heterocycles. The highest BCUT2D eigenvalue weighted by Gasteiger charge is 2.43. The van der Waals surface area contributed by atoms with E-state index < -0.39 is 49.0 Å². The normalized spacial score (nSPS) is 28.5. The summed E-state index contributed by atoms with van der Waals surface area (Å²) in [4.78, 5) is 41.9. The quantitative estimate of drug-likeness (QED) is 0.133. The zero-order valence-corrected chi connectivity index (χ0v) is 22.4.